The third-order valence-corrected chi connectivity index (χ3v) is 9.55. The van der Waals surface area contributed by atoms with Crippen molar-refractivity contribution in [2.75, 3.05) is 19.8 Å². The molecule has 6 unspecified atom stereocenters. The second kappa shape index (κ2) is 7.79. The number of fused-ring (bicyclic) bond motifs is 2. The molecule has 6 fully saturated rings. The quantitative estimate of drug-likeness (QED) is 0.457. The Morgan fingerprint density at radius 3 is 1.87 bits per heavy atom. The monoisotopic (exact) mass is 418 g/mol. The number of carbonyl (C=O) groups excluding carboxylic acids is 2. The summed E-state index contributed by atoms with van der Waals surface area (Å²) in [7, 11) is 0. The third-order valence-electron chi connectivity index (χ3n) is 9.55. The second-order valence-electron chi connectivity index (χ2n) is 11.2. The zero-order chi connectivity index (χ0) is 21.0. The summed E-state index contributed by atoms with van der Waals surface area (Å²) in [5.41, 5.74) is -0.244. The van der Waals surface area contributed by atoms with Crippen molar-refractivity contribution in [2.24, 2.45) is 53.3 Å². The molecule has 0 amide bonds. The van der Waals surface area contributed by atoms with Crippen molar-refractivity contribution >= 4 is 11.9 Å². The maximum Gasteiger partial charge on any atom is 0.310 e. The molecule has 0 aromatic carbocycles. The molecule has 0 aromatic rings. The van der Waals surface area contributed by atoms with Crippen LogP contribution >= 0.6 is 0 Å². The molecular weight excluding hydrogens is 380 g/mol. The maximum absolute atomic E-state index is 13.6. The molecule has 0 spiro atoms. The highest BCUT2D eigenvalue weighted by atomic mass is 16.6. The summed E-state index contributed by atoms with van der Waals surface area (Å²) < 4.78 is 17.3. The van der Waals surface area contributed by atoms with Gasteiger partial charge in [0.15, 0.2) is 0 Å². The van der Waals surface area contributed by atoms with Gasteiger partial charge in [-0.2, -0.15) is 0 Å². The molecule has 0 radical (unpaired) electrons. The molecule has 6 aliphatic carbocycles. The summed E-state index contributed by atoms with van der Waals surface area (Å²) in [6.45, 7) is 7.70. The zero-order valence-corrected chi connectivity index (χ0v) is 18.8. The van der Waals surface area contributed by atoms with E-state index in [2.05, 4.69) is 13.8 Å². The van der Waals surface area contributed by atoms with Crippen molar-refractivity contribution in [3.63, 3.8) is 0 Å². The van der Waals surface area contributed by atoms with E-state index in [1.807, 2.05) is 6.92 Å². The molecule has 0 heterocycles. The number of hydrogen-bond donors (Lipinski definition) is 0. The van der Waals surface area contributed by atoms with E-state index in [1.165, 1.54) is 19.3 Å². The van der Waals surface area contributed by atoms with E-state index in [0.717, 1.165) is 43.4 Å². The summed E-state index contributed by atoms with van der Waals surface area (Å²) in [6.07, 6.45) is 8.06. The van der Waals surface area contributed by atoms with Crippen molar-refractivity contribution in [3.05, 3.63) is 0 Å². The highest BCUT2D eigenvalue weighted by Crippen LogP contribution is 2.61. The number of ether oxygens (including phenoxy) is 3. The third kappa shape index (κ3) is 3.40. The van der Waals surface area contributed by atoms with Gasteiger partial charge in [-0.3, -0.25) is 9.59 Å². The first-order valence-electron chi connectivity index (χ1n) is 12.4. The van der Waals surface area contributed by atoms with Crippen LogP contribution in [0.1, 0.15) is 65.7 Å². The molecule has 6 rings (SSSR count). The van der Waals surface area contributed by atoms with Gasteiger partial charge in [-0.25, -0.2) is 0 Å². The van der Waals surface area contributed by atoms with Crippen LogP contribution in [-0.4, -0.2) is 37.4 Å². The van der Waals surface area contributed by atoms with Gasteiger partial charge >= 0.3 is 11.9 Å². The van der Waals surface area contributed by atoms with Crippen LogP contribution in [0.3, 0.4) is 0 Å². The Hall–Kier alpha value is -1.10. The fraction of sp³-hybridized carbons (Fsp3) is 0.920. The minimum absolute atomic E-state index is 0.102. The van der Waals surface area contributed by atoms with Crippen molar-refractivity contribution in [3.8, 4) is 0 Å². The van der Waals surface area contributed by atoms with Crippen LogP contribution in [0.2, 0.25) is 0 Å². The molecule has 5 heteroatoms. The van der Waals surface area contributed by atoms with Gasteiger partial charge in [-0.15, -0.1) is 0 Å². The molecule has 168 valence electrons. The van der Waals surface area contributed by atoms with Crippen LogP contribution in [0.25, 0.3) is 0 Å². The Kier molecular flexibility index (Phi) is 5.40. The average Bonchev–Trinajstić information content (AvgIpc) is 3.20. The van der Waals surface area contributed by atoms with Crippen LogP contribution in [0, 0.1) is 53.3 Å². The Labute approximate surface area is 180 Å². The molecule has 6 bridgehead atoms. The van der Waals surface area contributed by atoms with Crippen LogP contribution in [-0.2, 0) is 23.8 Å². The van der Waals surface area contributed by atoms with Gasteiger partial charge in [0.05, 0.1) is 18.4 Å². The Balaban J connectivity index is 1.31. The van der Waals surface area contributed by atoms with E-state index in [0.29, 0.717) is 25.0 Å². The Morgan fingerprint density at radius 2 is 1.33 bits per heavy atom. The highest BCUT2D eigenvalue weighted by molar-refractivity contribution is 5.84. The van der Waals surface area contributed by atoms with Crippen molar-refractivity contribution in [2.45, 2.75) is 71.3 Å². The minimum Gasteiger partial charge on any atom is -0.463 e. The number of rotatable bonds is 7. The Morgan fingerprint density at radius 1 is 0.800 bits per heavy atom. The molecule has 6 atom stereocenters. The van der Waals surface area contributed by atoms with Crippen LogP contribution in [0.4, 0.5) is 0 Å². The molecule has 6 saturated carbocycles. The van der Waals surface area contributed by atoms with Crippen LogP contribution < -0.4 is 0 Å². The van der Waals surface area contributed by atoms with E-state index in [-0.39, 0.29) is 47.8 Å². The summed E-state index contributed by atoms with van der Waals surface area (Å²) in [5, 5.41) is 0. The lowest BCUT2D eigenvalue weighted by atomic mass is 9.54. The first-order valence-corrected chi connectivity index (χ1v) is 12.4. The summed E-state index contributed by atoms with van der Waals surface area (Å²) >= 11 is 0. The Bertz CT molecular complexity index is 652. The number of esters is 2. The fourth-order valence-corrected chi connectivity index (χ4v) is 8.53. The predicted molar refractivity (Wildman–Crippen MR) is 111 cm³/mol. The van der Waals surface area contributed by atoms with Gasteiger partial charge in [-0.05, 0) is 93.3 Å². The zero-order valence-electron chi connectivity index (χ0n) is 18.8. The number of carbonyl (C=O) groups is 2. The maximum atomic E-state index is 13.6. The molecule has 30 heavy (non-hydrogen) atoms. The van der Waals surface area contributed by atoms with Gasteiger partial charge in [0.2, 0.25) is 0 Å². The first-order chi connectivity index (χ1) is 14.4. The molecular formula is C25H38O5. The first kappa shape index (κ1) is 20.8. The molecule has 6 aliphatic rings. The molecule has 0 aliphatic heterocycles. The lowest BCUT2D eigenvalue weighted by molar-refractivity contribution is -0.197. The lowest BCUT2D eigenvalue weighted by Gasteiger charge is -2.56. The van der Waals surface area contributed by atoms with E-state index in [1.54, 1.807) is 0 Å². The topological polar surface area (TPSA) is 61.8 Å². The highest BCUT2D eigenvalue weighted by Gasteiger charge is 2.62. The van der Waals surface area contributed by atoms with Gasteiger partial charge < -0.3 is 14.2 Å². The van der Waals surface area contributed by atoms with Gasteiger partial charge in [0, 0.05) is 6.61 Å². The smallest absolute Gasteiger partial charge is 0.310 e. The number of hydrogen-bond acceptors (Lipinski definition) is 5. The van der Waals surface area contributed by atoms with Crippen molar-refractivity contribution < 1.29 is 23.8 Å². The van der Waals surface area contributed by atoms with Gasteiger partial charge in [-0.1, -0.05) is 13.8 Å². The van der Waals surface area contributed by atoms with E-state index in [9.17, 15) is 9.59 Å². The van der Waals surface area contributed by atoms with Crippen LogP contribution in [0.15, 0.2) is 0 Å². The van der Waals surface area contributed by atoms with Gasteiger partial charge in [0.25, 0.3) is 0 Å². The molecule has 0 saturated heterocycles. The average molecular weight is 419 g/mol. The SMILES string of the molecule is CCOCCOC(=O)C1C2CC(C(C)C2C)C1C(=O)OC12CC3CC(CC(C3)C1)C2. The minimum atomic E-state index is -0.343. The lowest BCUT2D eigenvalue weighted by Crippen LogP contribution is -2.54. The van der Waals surface area contributed by atoms with Crippen LogP contribution in [0.5, 0.6) is 0 Å². The van der Waals surface area contributed by atoms with Gasteiger partial charge in [0.1, 0.15) is 12.2 Å². The van der Waals surface area contributed by atoms with E-state index >= 15 is 0 Å². The van der Waals surface area contributed by atoms with Crippen molar-refractivity contribution in [1.29, 1.82) is 0 Å². The van der Waals surface area contributed by atoms with E-state index in [4.69, 9.17) is 14.2 Å². The summed E-state index contributed by atoms with van der Waals surface area (Å²) in [5.74, 6) is 2.61. The predicted octanol–water partition coefficient (Wildman–Crippen LogP) is 4.23. The largest absolute Gasteiger partial charge is 0.463 e. The normalized spacial score (nSPS) is 48.2. The molecule has 0 aromatic heterocycles. The summed E-state index contributed by atoms with van der Waals surface area (Å²) in [6, 6.07) is 0. The second-order valence-corrected chi connectivity index (χ2v) is 11.2. The van der Waals surface area contributed by atoms with Crippen molar-refractivity contribution in [1.82, 2.24) is 0 Å². The fourth-order valence-electron chi connectivity index (χ4n) is 8.53. The summed E-state index contributed by atoms with van der Waals surface area (Å²) in [4.78, 5) is 26.7. The molecule has 5 nitrogen and oxygen atoms in total. The van der Waals surface area contributed by atoms with E-state index < -0.39 is 0 Å². The molecule has 0 N–H and O–H groups in total. The standard InChI is InChI=1S/C25H38O5/c1-4-28-5-6-29-23(26)21-19-10-20(15(3)14(19)2)22(21)24(27)30-25-11-16-7-17(12-25)9-18(8-16)13-25/h14-22H,4-13H2,1-3H3.